The van der Waals surface area contributed by atoms with Gasteiger partial charge in [0.1, 0.15) is 0 Å². The second-order valence-corrected chi connectivity index (χ2v) is 3.28. The van der Waals surface area contributed by atoms with E-state index in [1.807, 2.05) is 30.3 Å². The van der Waals surface area contributed by atoms with E-state index in [1.165, 1.54) is 0 Å². The summed E-state index contributed by atoms with van der Waals surface area (Å²) in [6.07, 6.45) is -0.347. The number of aliphatic hydroxyl groups is 1. The molecule has 1 nitrogen and oxygen atoms in total. The van der Waals surface area contributed by atoms with Gasteiger partial charge in [-0.05, 0) is 18.9 Å². The first-order valence-corrected chi connectivity index (χ1v) is 3.83. The average molecular weight is 149 g/mol. The van der Waals surface area contributed by atoms with Crippen LogP contribution < -0.4 is 0 Å². The van der Waals surface area contributed by atoms with Crippen molar-refractivity contribution in [2.45, 2.75) is 24.8 Å². The molecular weight excluding hydrogens is 136 g/mol. The van der Waals surface area contributed by atoms with Crippen LogP contribution >= 0.6 is 0 Å². The van der Waals surface area contributed by atoms with Crippen LogP contribution in [0.15, 0.2) is 30.3 Å². The minimum atomic E-state index is -0.804. The third kappa shape index (κ3) is 1.16. The number of hydrogen-bond acceptors (Lipinski definition) is 1. The number of rotatable bonds is 1. The van der Waals surface area contributed by atoms with E-state index in [1.54, 1.807) is 6.92 Å². The molecule has 1 aromatic carbocycles. The molecule has 11 heavy (non-hydrogen) atoms. The van der Waals surface area contributed by atoms with Crippen LogP contribution in [0.25, 0.3) is 0 Å². The highest BCUT2D eigenvalue weighted by Gasteiger charge is 2.49. The van der Waals surface area contributed by atoms with Gasteiger partial charge in [0.05, 0.1) is 5.60 Å². The Labute approximate surface area is 68.1 Å². The highest BCUT2D eigenvalue weighted by molar-refractivity contribution is 5.29. The first-order chi connectivity index (χ1) is 5.64. The predicted octanol–water partition coefficient (Wildman–Crippen LogP) is 1.92. The summed E-state index contributed by atoms with van der Waals surface area (Å²) in [5.41, 5.74) is 0.268. The Morgan fingerprint density at radius 3 is 2.55 bits per heavy atom. The van der Waals surface area contributed by atoms with E-state index in [0.29, 0.717) is 0 Å². The summed E-state index contributed by atoms with van der Waals surface area (Å²) in [4.78, 5) is 0. The molecule has 0 amide bonds. The van der Waals surface area contributed by atoms with Crippen molar-refractivity contribution in [2.75, 3.05) is 0 Å². The fraction of sp³-hybridized carbons (Fsp3) is 0.400. The van der Waals surface area contributed by atoms with Crippen LogP contribution in [0.1, 0.15) is 26.2 Å². The fourth-order valence-electron chi connectivity index (χ4n) is 1.38. The lowest BCUT2D eigenvalue weighted by molar-refractivity contribution is 0.164. The van der Waals surface area contributed by atoms with E-state index in [4.69, 9.17) is 1.37 Å². The second kappa shape index (κ2) is 2.08. The van der Waals surface area contributed by atoms with Gasteiger partial charge >= 0.3 is 0 Å². The Balaban J connectivity index is 2.25. The molecule has 0 aliphatic heterocycles. The minimum Gasteiger partial charge on any atom is -0.390 e. The SMILES string of the molecule is [2H][C@@H]1[C@@H](c2ccccc2)[C@]1(C)O. The monoisotopic (exact) mass is 149 g/mol. The summed E-state index contributed by atoms with van der Waals surface area (Å²) in [5.74, 6) is 0.0127. The largest absolute Gasteiger partial charge is 0.390 e. The predicted molar refractivity (Wildman–Crippen MR) is 44.4 cm³/mol. The van der Waals surface area contributed by atoms with Gasteiger partial charge in [0.2, 0.25) is 0 Å². The normalized spacial score (nSPS) is 43.3. The lowest BCUT2D eigenvalue weighted by atomic mass is 10.1. The molecule has 0 saturated heterocycles. The van der Waals surface area contributed by atoms with Gasteiger partial charge in [-0.25, -0.2) is 0 Å². The first kappa shape index (κ1) is 5.78. The molecule has 3 atom stereocenters. The summed E-state index contributed by atoms with van der Waals surface area (Å²) in [5, 5.41) is 9.63. The molecule has 1 aliphatic carbocycles. The minimum absolute atomic E-state index is 0.0127. The summed E-state index contributed by atoms with van der Waals surface area (Å²) < 4.78 is 7.54. The Hall–Kier alpha value is -0.820. The van der Waals surface area contributed by atoms with Crippen LogP contribution in [0.4, 0.5) is 0 Å². The summed E-state index contributed by atoms with van der Waals surface area (Å²) in [6, 6.07) is 9.76. The molecule has 0 unspecified atom stereocenters. The van der Waals surface area contributed by atoms with Gasteiger partial charge < -0.3 is 5.11 Å². The smallest absolute Gasteiger partial charge is 0.0696 e. The van der Waals surface area contributed by atoms with Crippen molar-refractivity contribution < 1.29 is 6.48 Å². The van der Waals surface area contributed by atoms with E-state index < -0.39 is 5.60 Å². The zero-order valence-electron chi connectivity index (χ0n) is 7.49. The maximum absolute atomic E-state index is 9.63. The van der Waals surface area contributed by atoms with Gasteiger partial charge in [-0.15, -0.1) is 0 Å². The van der Waals surface area contributed by atoms with Crippen LogP contribution in [0.2, 0.25) is 0 Å². The topological polar surface area (TPSA) is 20.2 Å². The molecule has 1 saturated carbocycles. The van der Waals surface area contributed by atoms with Crippen LogP contribution in [-0.2, 0) is 0 Å². The summed E-state index contributed by atoms with van der Waals surface area (Å²) in [7, 11) is 0. The molecule has 1 fully saturated rings. The molecule has 0 bridgehead atoms. The van der Waals surface area contributed by atoms with E-state index >= 15 is 0 Å². The Bertz CT molecular complexity index is 281. The highest BCUT2D eigenvalue weighted by Crippen LogP contribution is 2.50. The molecule has 0 heterocycles. The third-order valence-electron chi connectivity index (χ3n) is 2.18. The van der Waals surface area contributed by atoms with E-state index in [2.05, 4.69) is 0 Å². The summed E-state index contributed by atoms with van der Waals surface area (Å²) in [6.45, 7) is 1.72. The van der Waals surface area contributed by atoms with Crippen LogP contribution in [0.5, 0.6) is 0 Å². The van der Waals surface area contributed by atoms with Crippen molar-refractivity contribution in [1.29, 1.82) is 0 Å². The van der Waals surface area contributed by atoms with Crippen molar-refractivity contribution in [2.24, 2.45) is 0 Å². The highest BCUT2D eigenvalue weighted by atomic mass is 16.3. The number of benzene rings is 1. The zero-order valence-corrected chi connectivity index (χ0v) is 6.49. The molecule has 0 aromatic heterocycles. The fourth-order valence-corrected chi connectivity index (χ4v) is 1.38. The molecule has 1 aliphatic rings. The van der Waals surface area contributed by atoms with Crippen molar-refractivity contribution in [1.82, 2.24) is 0 Å². The van der Waals surface area contributed by atoms with E-state index in [9.17, 15) is 5.11 Å². The van der Waals surface area contributed by atoms with Gasteiger partial charge in [-0.2, -0.15) is 0 Å². The van der Waals surface area contributed by atoms with Gasteiger partial charge in [0.15, 0.2) is 0 Å². The molecule has 58 valence electrons. The Kier molecular flexibility index (Phi) is 1.09. The van der Waals surface area contributed by atoms with Crippen molar-refractivity contribution in [3.8, 4) is 0 Å². The van der Waals surface area contributed by atoms with Crippen molar-refractivity contribution >= 4 is 0 Å². The molecule has 1 aromatic rings. The Morgan fingerprint density at radius 2 is 2.09 bits per heavy atom. The quantitative estimate of drug-likeness (QED) is 0.646. The van der Waals surface area contributed by atoms with E-state index in [0.717, 1.165) is 5.56 Å². The van der Waals surface area contributed by atoms with Gasteiger partial charge in [0, 0.05) is 7.29 Å². The third-order valence-corrected chi connectivity index (χ3v) is 2.18. The van der Waals surface area contributed by atoms with Crippen LogP contribution in [0, 0.1) is 0 Å². The lowest BCUT2D eigenvalue weighted by Gasteiger charge is -2.01. The van der Waals surface area contributed by atoms with Gasteiger partial charge in [0.25, 0.3) is 0 Å². The maximum atomic E-state index is 9.63. The van der Waals surface area contributed by atoms with Crippen LogP contribution in [0.3, 0.4) is 0 Å². The average Bonchev–Trinajstić information content (AvgIpc) is 2.53. The van der Waals surface area contributed by atoms with Crippen molar-refractivity contribution in [3.63, 3.8) is 0 Å². The molecular formula is C10H12O. The van der Waals surface area contributed by atoms with Gasteiger partial charge in [-0.1, -0.05) is 30.3 Å². The zero-order chi connectivity index (χ0) is 8.77. The molecule has 1 N–H and O–H groups in total. The molecule has 1 heteroatoms. The first-order valence-electron chi connectivity index (χ1n) is 4.41. The molecule has 0 radical (unpaired) electrons. The molecule has 2 rings (SSSR count). The van der Waals surface area contributed by atoms with Crippen LogP contribution in [-0.4, -0.2) is 10.7 Å². The Morgan fingerprint density at radius 1 is 1.55 bits per heavy atom. The second-order valence-electron chi connectivity index (χ2n) is 3.28. The number of hydrogen-bond donors (Lipinski definition) is 1. The lowest BCUT2D eigenvalue weighted by Crippen LogP contribution is -2.01. The van der Waals surface area contributed by atoms with Gasteiger partial charge in [-0.3, -0.25) is 0 Å². The standard InChI is InChI=1S/C10H12O/c1-10(11)7-9(10)8-5-3-2-4-6-8/h2-6,9,11H,7H2,1H3/t9-,10+/m0/s1/i7D/t7-,9+,10-/m1. The summed E-state index contributed by atoms with van der Waals surface area (Å²) >= 11 is 0. The van der Waals surface area contributed by atoms with Crippen molar-refractivity contribution in [3.05, 3.63) is 35.9 Å². The maximum Gasteiger partial charge on any atom is 0.0696 e. The van der Waals surface area contributed by atoms with E-state index in [-0.39, 0.29) is 12.3 Å². The molecule has 0 spiro atoms.